The number of rotatable bonds is 32. The lowest BCUT2D eigenvalue weighted by atomic mass is 9.97. The van der Waals surface area contributed by atoms with Gasteiger partial charge in [0.2, 0.25) is 29.3 Å². The molecule has 13 rings (SSSR count). The summed E-state index contributed by atoms with van der Waals surface area (Å²) in [7, 11) is 0. The van der Waals surface area contributed by atoms with Gasteiger partial charge in [0.25, 0.3) is 17.6 Å². The molecule has 1 fully saturated rings. The monoisotopic (exact) mass is 1940 g/mol. The predicted molar refractivity (Wildman–Crippen MR) is 505 cm³/mol. The van der Waals surface area contributed by atoms with Crippen LogP contribution in [0.1, 0.15) is 99.5 Å². The molecule has 6 heterocycles. The van der Waals surface area contributed by atoms with E-state index < -0.39 is 11.4 Å². The molecule has 6 aromatic heterocycles. The second-order valence-corrected chi connectivity index (χ2v) is 29.8. The molecule has 14 N–H and O–H groups in total. The van der Waals surface area contributed by atoms with E-state index in [9.17, 15) is 31.1 Å². The molecule has 12 aromatic rings. The van der Waals surface area contributed by atoms with E-state index in [1.807, 2.05) is 135 Å². The Morgan fingerprint density at radius 3 is 1.08 bits per heavy atom. The number of hydrogen-bond donors (Lipinski definition) is 8. The van der Waals surface area contributed by atoms with Crippen molar-refractivity contribution in [3.8, 4) is 103 Å². The minimum atomic E-state index is -0.408. The van der Waals surface area contributed by atoms with Crippen molar-refractivity contribution in [3.63, 3.8) is 0 Å². The smallest absolute Gasteiger partial charge is 0.293 e. The summed E-state index contributed by atoms with van der Waals surface area (Å²) >= 11 is 0. The third kappa shape index (κ3) is 38.3. The Morgan fingerprint density at radius 1 is 0.420 bits per heavy atom. The number of amides is 1. The average Bonchev–Trinajstić information content (AvgIpc) is 1.64. The van der Waals surface area contributed by atoms with Gasteiger partial charge in [-0.2, -0.15) is 20.1 Å². The molecule has 131 heavy (non-hydrogen) atoms. The average molecular weight is 1950 g/mol. The number of oxazole rings is 1. The fourth-order valence-corrected chi connectivity index (χ4v) is 10.1. The van der Waals surface area contributed by atoms with Crippen molar-refractivity contribution >= 4 is 80.3 Å². The number of benzene rings is 6. The van der Waals surface area contributed by atoms with E-state index in [-0.39, 0.29) is 170 Å². The molecular weight excluding hydrogens is 1840 g/mol. The molecule has 0 spiro atoms. The van der Waals surface area contributed by atoms with Gasteiger partial charge in [-0.3, -0.25) is 9.89 Å². The van der Waals surface area contributed by atoms with Gasteiger partial charge in [0.05, 0.1) is 61.8 Å². The maximum Gasteiger partial charge on any atom is 0.293 e. The van der Waals surface area contributed by atoms with Gasteiger partial charge in [-0.15, -0.1) is 74.4 Å². The quantitative estimate of drug-likeness (QED) is 0.0182. The maximum absolute atomic E-state index is 12.4. The molecule has 1 aliphatic rings. The van der Waals surface area contributed by atoms with Crippen LogP contribution in [0.3, 0.4) is 0 Å². The molecule has 1 aliphatic carbocycles. The number of nitrogens with two attached hydrogens (primary N) is 6. The Hall–Kier alpha value is -11.8. The van der Waals surface area contributed by atoms with Gasteiger partial charge in [-0.25, -0.2) is 31.3 Å². The van der Waals surface area contributed by atoms with E-state index in [2.05, 4.69) is 56.1 Å². The summed E-state index contributed by atoms with van der Waals surface area (Å²) in [5.74, 6) is 7.69. The van der Waals surface area contributed by atoms with Crippen LogP contribution in [0.15, 0.2) is 258 Å². The van der Waals surface area contributed by atoms with Gasteiger partial charge in [-0.05, 0) is 206 Å². The molecule has 0 atom stereocenters. The summed E-state index contributed by atoms with van der Waals surface area (Å²) < 4.78 is 133. The number of H-pyrrole nitrogens is 1. The van der Waals surface area contributed by atoms with E-state index in [1.54, 1.807) is 91.5 Å². The zero-order chi connectivity index (χ0) is 90.3. The molecule has 1 saturated carbocycles. The van der Waals surface area contributed by atoms with Crippen LogP contribution >= 0.6 is 74.4 Å². The molecular formula is C90H109Cl6F6N17O12. The topological polar surface area (TPSA) is 438 Å². The molecule has 0 unspecified atom stereocenters. The second kappa shape index (κ2) is 59.5. The minimum absolute atomic E-state index is 0. The van der Waals surface area contributed by atoms with Gasteiger partial charge in [-0.1, -0.05) is 41.4 Å². The predicted octanol–water partition coefficient (Wildman–Crippen LogP) is 19.3. The normalized spacial score (nSPS) is 11.9. The number of aryl methyl sites for hydroxylation is 3. The van der Waals surface area contributed by atoms with Crippen LogP contribution in [0.25, 0.3) is 68.3 Å². The molecule has 41 heteroatoms. The SMILES string of the molecule is CC(C)(C)NC(=O)c1noc(-c2ccc(OC/C(=C/F)CN)cc2)n1.CC(C)(C)c1nc(-c2ccc(OC/C(=C/F)CN)cc2)no1.Cc1cn[nH]c1-c1ccc(OC/C(=C/F)CN)cc1.Cc1cnoc1-c1ccc(OC/C(=C/F)CN)cc1.Cc1coc(-c2ccc(OC/C(=C/F)CN)cc2)n1.Cl.Cl.Cl.Cl.Cl.Cl.NC/C(=C\F)COc1ccc(-c2noc(C3CC3)n2)cc1. The highest BCUT2D eigenvalue weighted by molar-refractivity contribution is 5.91. The van der Waals surface area contributed by atoms with Crippen LogP contribution in [-0.2, 0) is 5.41 Å². The highest BCUT2D eigenvalue weighted by atomic mass is 35.5. The zero-order valence-electron chi connectivity index (χ0n) is 73.1. The van der Waals surface area contributed by atoms with Gasteiger partial charge >= 0.3 is 0 Å². The van der Waals surface area contributed by atoms with Gasteiger partial charge < -0.3 is 90.6 Å². The molecule has 710 valence electrons. The summed E-state index contributed by atoms with van der Waals surface area (Å²) in [6, 6.07) is 43.3. The Balaban J connectivity index is 0.000000528. The van der Waals surface area contributed by atoms with E-state index in [0.29, 0.717) is 147 Å². The number of aromatic amines is 1. The Kier molecular flexibility index (Phi) is 52.3. The molecule has 0 radical (unpaired) electrons. The number of nitrogens with zero attached hydrogens (tertiary/aromatic N) is 9. The molecule has 0 aliphatic heterocycles. The van der Waals surface area contributed by atoms with E-state index in [0.717, 1.165) is 68.9 Å². The lowest BCUT2D eigenvalue weighted by Gasteiger charge is -2.18. The standard InChI is InChI=1S/C17H21FN4O3.C16H20FN3O2.C15H16FN3O2.C14H16FN3O.2C14H15FN2O2.6ClH/c1-17(2,3)21-15(23)14-20-16(25-22-14)12-4-6-13(7-5-12)24-10-11(8-18)9-19;1-16(2,3)15-19-14(20-22-15)12-4-6-13(7-5-12)21-10-11(8-17)9-18;16-7-10(8-17)9-20-13-5-3-11(4-6-13)14-18-15(21-19-14)12-1-2-12;1-10-8-17-18-14(10)12-2-4-13(5-3-12)19-9-11(6-15)7-16;1-10-8-19-14(17-10)12-2-4-13(5-3-12)18-9-11(6-15)7-16;1-10-8-17-19-14(10)12-2-4-13(5-3-12)18-9-11(6-15)7-16;;;;;;/h4-8H,9-10,19H2,1-3H3,(H,21,23);4-8H,9-10,18H2,1-3H3;3-7,12H,1-2,8-9,17H2;2-6,8H,7,9,16H2,1H3,(H,17,18);2*2-6,8H,7,9,16H2,1H3;6*1H/b2*11-8+;10-7+;3*11-6+;;;;;;. The maximum atomic E-state index is 12.4. The van der Waals surface area contributed by atoms with Crippen molar-refractivity contribution in [1.29, 1.82) is 0 Å². The molecule has 0 saturated heterocycles. The molecule has 29 nitrogen and oxygen atoms in total. The lowest BCUT2D eigenvalue weighted by molar-refractivity contribution is 0.0905. The lowest BCUT2D eigenvalue weighted by Crippen LogP contribution is -2.41. The third-order valence-electron chi connectivity index (χ3n) is 17.5. The van der Waals surface area contributed by atoms with Crippen molar-refractivity contribution in [3.05, 3.63) is 270 Å². The number of aromatic nitrogens is 10. The zero-order valence-corrected chi connectivity index (χ0v) is 78.0. The Labute approximate surface area is 791 Å². The number of carbonyl (C=O) groups is 1. The summed E-state index contributed by atoms with van der Waals surface area (Å²) in [4.78, 5) is 29.1. The second-order valence-electron chi connectivity index (χ2n) is 29.8. The highest BCUT2D eigenvalue weighted by Crippen LogP contribution is 2.40. The number of carbonyl (C=O) groups excluding carboxylic acids is 1. The fraction of sp³-hybridized carbons (Fsp3) is 0.289. The summed E-state index contributed by atoms with van der Waals surface area (Å²) in [5.41, 5.74) is 43.0. The molecule has 0 bridgehead atoms. The van der Waals surface area contributed by atoms with Crippen LogP contribution in [0.2, 0.25) is 0 Å². The summed E-state index contributed by atoms with van der Waals surface area (Å²) in [5, 5.41) is 25.1. The van der Waals surface area contributed by atoms with Crippen molar-refractivity contribution in [2.24, 2.45) is 34.4 Å². The van der Waals surface area contributed by atoms with Gasteiger partial charge in [0.1, 0.15) is 80.4 Å². The van der Waals surface area contributed by atoms with E-state index >= 15 is 0 Å². The Morgan fingerprint density at radius 2 is 0.771 bits per heavy atom. The van der Waals surface area contributed by atoms with Crippen LogP contribution in [-0.4, -0.2) is 141 Å². The first-order valence-corrected chi connectivity index (χ1v) is 39.2. The fourth-order valence-electron chi connectivity index (χ4n) is 10.1. The van der Waals surface area contributed by atoms with Crippen LogP contribution in [0.4, 0.5) is 26.3 Å². The summed E-state index contributed by atoms with van der Waals surface area (Å²) in [6.45, 7) is 19.0. The van der Waals surface area contributed by atoms with Crippen LogP contribution in [0.5, 0.6) is 34.5 Å². The number of nitrogens with one attached hydrogen (secondary N) is 2. The summed E-state index contributed by atoms with van der Waals surface area (Å²) in [6.07, 6.45) is 10.1. The minimum Gasteiger partial charge on any atom is -0.489 e. The first-order chi connectivity index (χ1) is 60.3. The van der Waals surface area contributed by atoms with Crippen molar-refractivity contribution in [1.82, 2.24) is 56.1 Å². The number of hydrogen-bond acceptors (Lipinski definition) is 27. The van der Waals surface area contributed by atoms with Crippen LogP contribution in [0, 0.1) is 20.8 Å². The van der Waals surface area contributed by atoms with E-state index in [4.69, 9.17) is 85.3 Å². The van der Waals surface area contributed by atoms with Gasteiger partial charge in [0.15, 0.2) is 5.76 Å². The third-order valence-corrected chi connectivity index (χ3v) is 17.5. The van der Waals surface area contributed by atoms with Crippen molar-refractivity contribution < 1.29 is 82.1 Å². The van der Waals surface area contributed by atoms with Crippen LogP contribution < -0.4 is 68.1 Å². The number of halogens is 12. The van der Waals surface area contributed by atoms with E-state index in [1.165, 1.54) is 0 Å². The Bertz CT molecular complexity index is 5370. The van der Waals surface area contributed by atoms with Gasteiger partial charge in [0, 0.05) is 129 Å². The first kappa shape index (κ1) is 115. The highest BCUT2D eigenvalue weighted by Gasteiger charge is 2.30. The largest absolute Gasteiger partial charge is 0.489 e. The number of ether oxygens (including phenoxy) is 6. The van der Waals surface area contributed by atoms with Crippen molar-refractivity contribution in [2.45, 2.75) is 92.0 Å². The first-order valence-electron chi connectivity index (χ1n) is 39.2. The molecule has 1 amide bonds. The molecule has 6 aromatic carbocycles. The van der Waals surface area contributed by atoms with Crippen molar-refractivity contribution in [2.75, 3.05) is 78.9 Å².